The number of nitrogens with zero attached hydrogens (tertiary/aromatic N) is 2. The van der Waals surface area contributed by atoms with Crippen molar-refractivity contribution in [3.05, 3.63) is 69.1 Å². The van der Waals surface area contributed by atoms with Crippen molar-refractivity contribution < 1.29 is 13.2 Å². The van der Waals surface area contributed by atoms with Crippen LogP contribution in [0, 0.1) is 0 Å². The summed E-state index contributed by atoms with van der Waals surface area (Å²) in [5.74, 6) is 0.869. The van der Waals surface area contributed by atoms with E-state index in [1.165, 1.54) is 23.8 Å². The molecule has 2 aromatic carbocycles. The van der Waals surface area contributed by atoms with E-state index in [1.54, 1.807) is 11.3 Å². The predicted octanol–water partition coefficient (Wildman–Crippen LogP) is 5.88. The molecule has 0 spiro atoms. The second-order valence-corrected chi connectivity index (χ2v) is 11.6. The molecule has 9 heteroatoms. The molecule has 170 valence electrons. The van der Waals surface area contributed by atoms with Crippen molar-refractivity contribution in [3.8, 4) is 5.75 Å². The van der Waals surface area contributed by atoms with Crippen LogP contribution in [0.1, 0.15) is 31.0 Å². The summed E-state index contributed by atoms with van der Waals surface area (Å²) >= 11 is 13.6. The Morgan fingerprint density at radius 2 is 1.81 bits per heavy atom. The van der Waals surface area contributed by atoms with E-state index >= 15 is 0 Å². The number of hydrogen-bond acceptors (Lipinski definition) is 6. The van der Waals surface area contributed by atoms with Crippen LogP contribution in [0.5, 0.6) is 5.75 Å². The molecule has 0 radical (unpaired) electrons. The van der Waals surface area contributed by atoms with Crippen molar-refractivity contribution in [2.24, 2.45) is 0 Å². The highest BCUT2D eigenvalue weighted by Gasteiger charge is 2.32. The third-order valence-corrected chi connectivity index (χ3v) is 9.48. The van der Waals surface area contributed by atoms with Gasteiger partial charge in [-0.2, -0.15) is 0 Å². The van der Waals surface area contributed by atoms with Gasteiger partial charge in [0, 0.05) is 24.9 Å². The van der Waals surface area contributed by atoms with Crippen LogP contribution in [0.3, 0.4) is 0 Å². The fourth-order valence-electron chi connectivity index (χ4n) is 3.81. The molecule has 4 rings (SSSR count). The summed E-state index contributed by atoms with van der Waals surface area (Å²) in [5, 5.41) is 3.19. The fourth-order valence-corrected chi connectivity index (χ4v) is 6.80. The van der Waals surface area contributed by atoms with Gasteiger partial charge in [-0.15, -0.1) is 11.3 Å². The van der Waals surface area contributed by atoms with Gasteiger partial charge in [-0.25, -0.2) is 13.4 Å². The average Bonchev–Trinajstić information content (AvgIpc) is 3.26. The van der Waals surface area contributed by atoms with Crippen LogP contribution in [0.25, 0.3) is 0 Å². The Bertz CT molecular complexity index is 1170. The number of benzene rings is 2. The van der Waals surface area contributed by atoms with Gasteiger partial charge in [-0.1, -0.05) is 35.3 Å². The lowest BCUT2D eigenvalue weighted by Gasteiger charge is -2.31. The molecule has 0 aliphatic carbocycles. The van der Waals surface area contributed by atoms with Gasteiger partial charge < -0.3 is 9.64 Å². The molecule has 32 heavy (non-hydrogen) atoms. The van der Waals surface area contributed by atoms with Crippen molar-refractivity contribution in [1.82, 2.24) is 4.98 Å². The van der Waals surface area contributed by atoms with Crippen LogP contribution in [-0.4, -0.2) is 38.3 Å². The minimum absolute atomic E-state index is 0.234. The third-order valence-electron chi connectivity index (χ3n) is 5.53. The predicted molar refractivity (Wildman–Crippen MR) is 131 cm³/mol. The second kappa shape index (κ2) is 10.00. The molecular weight excluding hydrogens is 487 g/mol. The van der Waals surface area contributed by atoms with E-state index in [-0.39, 0.29) is 9.92 Å². The number of thiazole rings is 1. The molecule has 2 heterocycles. The van der Waals surface area contributed by atoms with Crippen molar-refractivity contribution in [2.75, 3.05) is 24.6 Å². The Labute approximate surface area is 202 Å². The highest BCUT2D eigenvalue weighted by molar-refractivity contribution is 7.92. The Balaban J connectivity index is 1.37. The number of sulfone groups is 1. The van der Waals surface area contributed by atoms with Gasteiger partial charge in [0.2, 0.25) is 0 Å². The van der Waals surface area contributed by atoms with Gasteiger partial charge in [0.25, 0.3) is 0 Å². The highest BCUT2D eigenvalue weighted by Crippen LogP contribution is 2.32. The maximum Gasteiger partial charge on any atom is 0.185 e. The average molecular weight is 511 g/mol. The smallest absolute Gasteiger partial charge is 0.185 e. The van der Waals surface area contributed by atoms with Gasteiger partial charge in [0.1, 0.15) is 5.75 Å². The van der Waals surface area contributed by atoms with Crippen LogP contribution in [0.15, 0.2) is 52.7 Å². The summed E-state index contributed by atoms with van der Waals surface area (Å²) in [6.45, 7) is 3.93. The molecule has 0 amide bonds. The standard InChI is InChI=1S/C23H24Cl2N2O3S2/c1-2-30-18-5-3-16(4-6-18)13-17-15-31-23(26-17)27-11-9-19(10-12-27)32(28,29)20-7-8-21(24)22(25)14-20/h3-8,14-15,19H,2,9-13H2,1H3. The first kappa shape index (κ1) is 23.4. The molecule has 1 aliphatic heterocycles. The Kier molecular flexibility index (Phi) is 7.30. The quantitative estimate of drug-likeness (QED) is 0.397. The summed E-state index contributed by atoms with van der Waals surface area (Å²) in [6, 6.07) is 12.6. The zero-order valence-electron chi connectivity index (χ0n) is 17.6. The topological polar surface area (TPSA) is 59.5 Å². The zero-order valence-corrected chi connectivity index (χ0v) is 20.8. The second-order valence-electron chi connectivity index (χ2n) is 7.68. The lowest BCUT2D eigenvalue weighted by molar-refractivity contribution is 0.340. The largest absolute Gasteiger partial charge is 0.494 e. The first-order valence-corrected chi connectivity index (χ1v) is 13.6. The number of hydrogen-bond donors (Lipinski definition) is 0. The Morgan fingerprint density at radius 3 is 2.47 bits per heavy atom. The number of anilines is 1. The summed E-state index contributed by atoms with van der Waals surface area (Å²) in [7, 11) is -3.45. The zero-order chi connectivity index (χ0) is 22.7. The van der Waals surface area contributed by atoms with E-state index in [9.17, 15) is 8.42 Å². The van der Waals surface area contributed by atoms with E-state index in [0.717, 1.165) is 23.0 Å². The minimum Gasteiger partial charge on any atom is -0.494 e. The number of piperidine rings is 1. The molecule has 5 nitrogen and oxygen atoms in total. The first-order chi connectivity index (χ1) is 15.4. The van der Waals surface area contributed by atoms with Crippen molar-refractivity contribution >= 4 is 49.5 Å². The molecule has 0 N–H and O–H groups in total. The SMILES string of the molecule is CCOc1ccc(Cc2csc(N3CCC(S(=O)(=O)c4ccc(Cl)c(Cl)c4)CC3)n2)cc1. The molecule has 0 atom stereocenters. The van der Waals surface area contributed by atoms with Gasteiger partial charge in [0.05, 0.1) is 32.5 Å². The summed E-state index contributed by atoms with van der Waals surface area (Å²) in [5.41, 5.74) is 2.19. The van der Waals surface area contributed by atoms with Crippen molar-refractivity contribution in [2.45, 2.75) is 36.3 Å². The van der Waals surface area contributed by atoms with Gasteiger partial charge in [0.15, 0.2) is 15.0 Å². The molecule has 3 aromatic rings. The summed E-state index contributed by atoms with van der Waals surface area (Å²) in [6.07, 6.45) is 1.86. The van der Waals surface area contributed by atoms with Gasteiger partial charge in [-0.3, -0.25) is 0 Å². The highest BCUT2D eigenvalue weighted by atomic mass is 35.5. The molecule has 1 aliphatic rings. The monoisotopic (exact) mass is 510 g/mol. The Morgan fingerprint density at radius 1 is 1.09 bits per heavy atom. The maximum absolute atomic E-state index is 13.0. The lowest BCUT2D eigenvalue weighted by Crippen LogP contribution is -2.39. The first-order valence-electron chi connectivity index (χ1n) is 10.5. The molecule has 1 saturated heterocycles. The van der Waals surface area contributed by atoms with Crippen LogP contribution in [-0.2, 0) is 16.3 Å². The van der Waals surface area contributed by atoms with E-state index in [1.807, 2.05) is 19.1 Å². The van der Waals surface area contributed by atoms with E-state index in [4.69, 9.17) is 32.9 Å². The number of rotatable bonds is 7. The third kappa shape index (κ3) is 5.22. The Hall–Kier alpha value is -1.80. The number of halogens is 2. The van der Waals surface area contributed by atoms with Crippen molar-refractivity contribution in [3.63, 3.8) is 0 Å². The van der Waals surface area contributed by atoms with Crippen LogP contribution < -0.4 is 9.64 Å². The summed E-state index contributed by atoms with van der Waals surface area (Å²) < 4.78 is 31.5. The van der Waals surface area contributed by atoms with Gasteiger partial charge >= 0.3 is 0 Å². The van der Waals surface area contributed by atoms with Crippen LogP contribution >= 0.6 is 34.5 Å². The fraction of sp³-hybridized carbons (Fsp3) is 0.348. The molecule has 1 fully saturated rings. The minimum atomic E-state index is -3.45. The number of ether oxygens (including phenoxy) is 1. The van der Waals surface area contributed by atoms with E-state index in [0.29, 0.717) is 37.6 Å². The molecule has 0 saturated carbocycles. The van der Waals surface area contributed by atoms with E-state index < -0.39 is 15.1 Å². The number of aromatic nitrogens is 1. The van der Waals surface area contributed by atoms with E-state index in [2.05, 4.69) is 22.4 Å². The van der Waals surface area contributed by atoms with Gasteiger partial charge in [-0.05, 0) is 55.7 Å². The molecule has 0 bridgehead atoms. The van der Waals surface area contributed by atoms with Crippen LogP contribution in [0.4, 0.5) is 5.13 Å². The summed E-state index contributed by atoms with van der Waals surface area (Å²) in [4.78, 5) is 7.19. The van der Waals surface area contributed by atoms with Crippen molar-refractivity contribution in [1.29, 1.82) is 0 Å². The molecule has 1 aromatic heterocycles. The molecular formula is C23H24Cl2N2O3S2. The maximum atomic E-state index is 13.0. The normalized spacial score (nSPS) is 15.2. The lowest BCUT2D eigenvalue weighted by atomic mass is 10.1. The molecule has 0 unspecified atom stereocenters. The van der Waals surface area contributed by atoms with Crippen LogP contribution in [0.2, 0.25) is 10.0 Å².